The molecule has 0 aliphatic rings. The molecule has 0 spiro atoms. The zero-order valence-electron chi connectivity index (χ0n) is 12.7. The minimum Gasteiger partial charge on any atom is -0.307 e. The van der Waals surface area contributed by atoms with Crippen LogP contribution in [-0.4, -0.2) is 24.3 Å². The molecule has 0 fully saturated rings. The molecule has 0 radical (unpaired) electrons. The molecule has 0 aromatic carbocycles. The molecule has 0 aliphatic heterocycles. The molecule has 3 aromatic rings. The highest BCUT2D eigenvalue weighted by Crippen LogP contribution is 2.21. The van der Waals surface area contributed by atoms with Gasteiger partial charge in [0.25, 0.3) is 0 Å². The zero-order chi connectivity index (χ0) is 15.1. The van der Waals surface area contributed by atoms with Gasteiger partial charge in [-0.2, -0.15) is 5.10 Å². The molecule has 0 N–H and O–H groups in total. The number of fused-ring (bicyclic) bond motifs is 1. The third-order valence-corrected chi connectivity index (χ3v) is 4.14. The standard InChI is InChI=1S/C15H18ClN5/c1-9-5-6-13-15(17-9)21(14(7-16)18-13)8-12-10(2)19-20(4)11(12)3/h5-6H,7-8H2,1-4H3. The lowest BCUT2D eigenvalue weighted by atomic mass is 10.2. The van der Waals surface area contributed by atoms with E-state index in [9.17, 15) is 0 Å². The number of halogens is 1. The molecule has 5 nitrogen and oxygen atoms in total. The fourth-order valence-corrected chi connectivity index (χ4v) is 2.82. The van der Waals surface area contributed by atoms with Gasteiger partial charge in [-0.1, -0.05) is 0 Å². The van der Waals surface area contributed by atoms with Crippen LogP contribution in [0, 0.1) is 20.8 Å². The average molecular weight is 304 g/mol. The van der Waals surface area contributed by atoms with E-state index in [0.717, 1.165) is 34.1 Å². The second-order valence-corrected chi connectivity index (χ2v) is 5.58. The largest absolute Gasteiger partial charge is 0.307 e. The van der Waals surface area contributed by atoms with Crippen LogP contribution in [0.15, 0.2) is 12.1 Å². The number of imidazole rings is 1. The van der Waals surface area contributed by atoms with Gasteiger partial charge < -0.3 is 4.57 Å². The Balaban J connectivity index is 2.17. The summed E-state index contributed by atoms with van der Waals surface area (Å²) in [5, 5.41) is 4.47. The predicted octanol–water partition coefficient (Wildman–Crippen LogP) is 2.88. The van der Waals surface area contributed by atoms with E-state index in [2.05, 4.69) is 26.6 Å². The maximum absolute atomic E-state index is 6.06. The lowest BCUT2D eigenvalue weighted by Gasteiger charge is -2.08. The van der Waals surface area contributed by atoms with Crippen LogP contribution in [0.3, 0.4) is 0 Å². The average Bonchev–Trinajstić information content (AvgIpc) is 2.91. The summed E-state index contributed by atoms with van der Waals surface area (Å²) in [6.45, 7) is 6.78. The highest BCUT2D eigenvalue weighted by molar-refractivity contribution is 6.16. The third kappa shape index (κ3) is 2.31. The van der Waals surface area contributed by atoms with Crippen LogP contribution < -0.4 is 0 Å². The van der Waals surface area contributed by atoms with Gasteiger partial charge in [-0.25, -0.2) is 9.97 Å². The normalized spacial score (nSPS) is 11.5. The highest BCUT2D eigenvalue weighted by Gasteiger charge is 2.16. The topological polar surface area (TPSA) is 48.5 Å². The smallest absolute Gasteiger partial charge is 0.160 e. The van der Waals surface area contributed by atoms with Crippen LogP contribution >= 0.6 is 11.6 Å². The minimum atomic E-state index is 0.369. The monoisotopic (exact) mass is 303 g/mol. The Morgan fingerprint density at radius 2 is 1.90 bits per heavy atom. The Labute approximate surface area is 128 Å². The van der Waals surface area contributed by atoms with E-state index >= 15 is 0 Å². The van der Waals surface area contributed by atoms with Crippen molar-refractivity contribution in [1.29, 1.82) is 0 Å². The number of nitrogens with zero attached hydrogens (tertiary/aromatic N) is 5. The summed E-state index contributed by atoms with van der Waals surface area (Å²) in [6, 6.07) is 3.96. The number of rotatable bonds is 3. The molecule has 0 saturated carbocycles. The summed E-state index contributed by atoms with van der Waals surface area (Å²) < 4.78 is 4.00. The van der Waals surface area contributed by atoms with Gasteiger partial charge in [-0.05, 0) is 32.9 Å². The van der Waals surface area contributed by atoms with Crippen molar-refractivity contribution in [1.82, 2.24) is 24.3 Å². The first-order valence-electron chi connectivity index (χ1n) is 6.89. The van der Waals surface area contributed by atoms with Crippen LogP contribution in [0.4, 0.5) is 0 Å². The fourth-order valence-electron chi connectivity index (χ4n) is 2.62. The van der Waals surface area contributed by atoms with Crippen molar-refractivity contribution in [2.75, 3.05) is 0 Å². The molecule has 3 aromatic heterocycles. The molecule has 0 aliphatic carbocycles. The lowest BCUT2D eigenvalue weighted by Crippen LogP contribution is -2.07. The zero-order valence-corrected chi connectivity index (χ0v) is 13.4. The van der Waals surface area contributed by atoms with Gasteiger partial charge in [0.05, 0.1) is 18.1 Å². The Morgan fingerprint density at radius 3 is 2.52 bits per heavy atom. The molecule has 21 heavy (non-hydrogen) atoms. The Kier molecular flexibility index (Phi) is 3.45. The maximum Gasteiger partial charge on any atom is 0.160 e. The van der Waals surface area contributed by atoms with E-state index in [4.69, 9.17) is 11.6 Å². The number of aromatic nitrogens is 5. The summed E-state index contributed by atoms with van der Waals surface area (Å²) in [5.74, 6) is 1.21. The first-order chi connectivity index (χ1) is 10.0. The van der Waals surface area contributed by atoms with Crippen LogP contribution in [0.2, 0.25) is 0 Å². The van der Waals surface area contributed by atoms with E-state index in [-0.39, 0.29) is 0 Å². The second-order valence-electron chi connectivity index (χ2n) is 5.32. The first-order valence-corrected chi connectivity index (χ1v) is 7.42. The molecule has 3 rings (SSSR count). The van der Waals surface area contributed by atoms with Gasteiger partial charge in [-0.15, -0.1) is 11.6 Å². The lowest BCUT2D eigenvalue weighted by molar-refractivity contribution is 0.724. The number of pyridine rings is 1. The second kappa shape index (κ2) is 5.15. The van der Waals surface area contributed by atoms with E-state index in [0.29, 0.717) is 12.4 Å². The molecular formula is C15H18ClN5. The summed E-state index contributed by atoms with van der Waals surface area (Å²) in [6.07, 6.45) is 0. The van der Waals surface area contributed by atoms with Crippen molar-refractivity contribution in [2.45, 2.75) is 33.2 Å². The van der Waals surface area contributed by atoms with Crippen molar-refractivity contribution >= 4 is 22.8 Å². The third-order valence-electron chi connectivity index (χ3n) is 3.91. The maximum atomic E-state index is 6.06. The predicted molar refractivity (Wildman–Crippen MR) is 83.6 cm³/mol. The molecular weight excluding hydrogens is 286 g/mol. The van der Waals surface area contributed by atoms with Gasteiger partial charge in [0, 0.05) is 24.0 Å². The van der Waals surface area contributed by atoms with Gasteiger partial charge in [0.1, 0.15) is 11.3 Å². The molecule has 0 bridgehead atoms. The molecule has 0 amide bonds. The Hall–Kier alpha value is -1.88. The Morgan fingerprint density at radius 1 is 1.14 bits per heavy atom. The van der Waals surface area contributed by atoms with Crippen molar-refractivity contribution in [3.63, 3.8) is 0 Å². The molecule has 3 heterocycles. The van der Waals surface area contributed by atoms with Gasteiger partial charge >= 0.3 is 0 Å². The van der Waals surface area contributed by atoms with Crippen LogP contribution in [0.1, 0.15) is 28.5 Å². The van der Waals surface area contributed by atoms with Gasteiger partial charge in [0.15, 0.2) is 5.65 Å². The van der Waals surface area contributed by atoms with E-state index in [1.165, 1.54) is 5.56 Å². The molecule has 0 atom stereocenters. The SMILES string of the molecule is Cc1ccc2nc(CCl)n(Cc3c(C)nn(C)c3C)c2n1. The number of aryl methyl sites for hydroxylation is 3. The highest BCUT2D eigenvalue weighted by atomic mass is 35.5. The first kappa shape index (κ1) is 14.1. The summed E-state index contributed by atoms with van der Waals surface area (Å²) in [7, 11) is 1.96. The van der Waals surface area contributed by atoms with Crippen LogP contribution in [0.25, 0.3) is 11.2 Å². The molecule has 6 heteroatoms. The summed E-state index contributed by atoms with van der Waals surface area (Å²) in [5.41, 5.74) is 6.13. The fraction of sp³-hybridized carbons (Fsp3) is 0.400. The number of alkyl halides is 1. The van der Waals surface area contributed by atoms with Gasteiger partial charge in [0.2, 0.25) is 0 Å². The van der Waals surface area contributed by atoms with Crippen molar-refractivity contribution in [3.8, 4) is 0 Å². The summed E-state index contributed by atoms with van der Waals surface area (Å²) >= 11 is 6.06. The van der Waals surface area contributed by atoms with Crippen molar-refractivity contribution in [2.24, 2.45) is 7.05 Å². The molecule has 0 saturated heterocycles. The molecule has 110 valence electrons. The van der Waals surface area contributed by atoms with E-state index in [1.54, 1.807) is 0 Å². The van der Waals surface area contributed by atoms with E-state index < -0.39 is 0 Å². The minimum absolute atomic E-state index is 0.369. The van der Waals surface area contributed by atoms with Crippen molar-refractivity contribution in [3.05, 3.63) is 40.6 Å². The van der Waals surface area contributed by atoms with Crippen LogP contribution in [0.5, 0.6) is 0 Å². The number of hydrogen-bond acceptors (Lipinski definition) is 3. The van der Waals surface area contributed by atoms with E-state index in [1.807, 2.05) is 37.7 Å². The van der Waals surface area contributed by atoms with Crippen LogP contribution in [-0.2, 0) is 19.5 Å². The quantitative estimate of drug-likeness (QED) is 0.699. The van der Waals surface area contributed by atoms with Crippen molar-refractivity contribution < 1.29 is 0 Å². The van der Waals surface area contributed by atoms with Gasteiger partial charge in [-0.3, -0.25) is 4.68 Å². The number of hydrogen-bond donors (Lipinski definition) is 0. The Bertz CT molecular complexity index is 815. The summed E-state index contributed by atoms with van der Waals surface area (Å²) in [4.78, 5) is 9.20. The molecule has 0 unspecified atom stereocenters.